The van der Waals surface area contributed by atoms with Crippen molar-refractivity contribution >= 4 is 12.3 Å². The second-order valence-corrected chi connectivity index (χ2v) is 14.7. The molecule has 0 aromatic carbocycles. The summed E-state index contributed by atoms with van der Waals surface area (Å²) in [6.07, 6.45) is 28.2. The lowest BCUT2D eigenvalue weighted by Crippen LogP contribution is -2.38. The minimum atomic E-state index is -0.287. The molecule has 0 fully saturated rings. The van der Waals surface area contributed by atoms with Gasteiger partial charge in [0.1, 0.15) is 6.29 Å². The zero-order valence-corrected chi connectivity index (χ0v) is 32.5. The van der Waals surface area contributed by atoms with Crippen molar-refractivity contribution in [2.45, 2.75) is 194 Å². The van der Waals surface area contributed by atoms with E-state index in [1.165, 1.54) is 38.4 Å². The molecular weight excluding hydrogens is 600 g/mol. The number of aldehydes is 1. The van der Waals surface area contributed by atoms with Gasteiger partial charge in [-0.05, 0) is 77.3 Å². The van der Waals surface area contributed by atoms with Gasteiger partial charge in [0.15, 0.2) is 0 Å². The highest BCUT2D eigenvalue weighted by atomic mass is 16.5. The fourth-order valence-electron chi connectivity index (χ4n) is 6.60. The molecule has 0 unspecified atom stereocenters. The van der Waals surface area contributed by atoms with Crippen LogP contribution < -0.4 is 5.73 Å². The molecule has 0 heterocycles. The Labute approximate surface area is 298 Å². The summed E-state index contributed by atoms with van der Waals surface area (Å²) in [5, 5.41) is 9.27. The molecule has 0 radical (unpaired) electrons. The topological polar surface area (TPSA) is 102 Å². The number of rotatable bonds is 38. The van der Waals surface area contributed by atoms with E-state index >= 15 is 0 Å². The normalized spacial score (nSPS) is 12.7. The number of carbonyl (C=O) groups excluding carboxylic acids is 2. The second kappa shape index (κ2) is 34.4. The molecule has 0 aliphatic carbocycles. The molecule has 0 aliphatic rings. The van der Waals surface area contributed by atoms with Crippen LogP contribution in [0, 0.1) is 11.3 Å². The summed E-state index contributed by atoms with van der Waals surface area (Å²) < 4.78 is 11.7. The lowest BCUT2D eigenvalue weighted by molar-refractivity contribution is -0.149. The van der Waals surface area contributed by atoms with Gasteiger partial charge in [-0.15, -0.1) is 0 Å². The van der Waals surface area contributed by atoms with E-state index in [1.807, 2.05) is 0 Å². The molecular formula is C41H82N2O5. The van der Waals surface area contributed by atoms with Gasteiger partial charge in [0, 0.05) is 31.2 Å². The third-order valence-electron chi connectivity index (χ3n) is 9.94. The van der Waals surface area contributed by atoms with E-state index in [2.05, 4.69) is 32.6 Å². The average molecular weight is 683 g/mol. The van der Waals surface area contributed by atoms with Gasteiger partial charge in [-0.1, -0.05) is 124 Å². The molecule has 0 bridgehead atoms. The maximum Gasteiger partial charge on any atom is 0.308 e. The van der Waals surface area contributed by atoms with Crippen LogP contribution in [0.1, 0.15) is 188 Å². The van der Waals surface area contributed by atoms with Crippen LogP contribution >= 0.6 is 0 Å². The van der Waals surface area contributed by atoms with Crippen molar-refractivity contribution in [3.63, 3.8) is 0 Å². The van der Waals surface area contributed by atoms with Gasteiger partial charge < -0.3 is 30.0 Å². The molecule has 48 heavy (non-hydrogen) atoms. The Balaban J connectivity index is 4.16. The zero-order chi connectivity index (χ0) is 35.6. The van der Waals surface area contributed by atoms with E-state index in [-0.39, 0.29) is 30.0 Å². The van der Waals surface area contributed by atoms with Crippen LogP contribution in [0.4, 0.5) is 0 Å². The van der Waals surface area contributed by atoms with E-state index in [0.29, 0.717) is 13.2 Å². The highest BCUT2D eigenvalue weighted by Gasteiger charge is 2.28. The van der Waals surface area contributed by atoms with Crippen molar-refractivity contribution < 1.29 is 24.2 Å². The van der Waals surface area contributed by atoms with Crippen molar-refractivity contribution in [2.75, 3.05) is 46.1 Å². The lowest BCUT2D eigenvalue weighted by Gasteiger charge is -2.28. The summed E-state index contributed by atoms with van der Waals surface area (Å²) in [5.41, 5.74) is 6.30. The molecule has 7 heteroatoms. The number of unbranched alkanes of at least 4 members (excludes halogenated alkanes) is 13. The molecule has 0 amide bonds. The largest absolute Gasteiger partial charge is 0.465 e. The van der Waals surface area contributed by atoms with E-state index in [9.17, 15) is 14.7 Å². The van der Waals surface area contributed by atoms with Gasteiger partial charge in [0.2, 0.25) is 0 Å². The number of aliphatic hydroxyl groups excluding tert-OH is 1. The van der Waals surface area contributed by atoms with Gasteiger partial charge >= 0.3 is 5.97 Å². The lowest BCUT2D eigenvalue weighted by atomic mass is 9.80. The third-order valence-corrected chi connectivity index (χ3v) is 9.94. The van der Waals surface area contributed by atoms with Crippen LogP contribution in [0.15, 0.2) is 0 Å². The van der Waals surface area contributed by atoms with Crippen molar-refractivity contribution in [3.8, 4) is 0 Å². The molecule has 0 aromatic rings. The van der Waals surface area contributed by atoms with Crippen LogP contribution in [-0.4, -0.2) is 74.4 Å². The summed E-state index contributed by atoms with van der Waals surface area (Å²) in [5.74, 6) is 0.121. The zero-order valence-electron chi connectivity index (χ0n) is 32.5. The fraction of sp³-hybridized carbons (Fsp3) is 0.951. The number of nitrogens with two attached hydrogens (primary N) is 1. The van der Waals surface area contributed by atoms with Crippen LogP contribution in [0.25, 0.3) is 0 Å². The first-order chi connectivity index (χ1) is 23.4. The van der Waals surface area contributed by atoms with Crippen LogP contribution in [0.3, 0.4) is 0 Å². The Kier molecular flexibility index (Phi) is 33.7. The summed E-state index contributed by atoms with van der Waals surface area (Å²) in [6, 6.07) is 0.187. The molecule has 0 aromatic heterocycles. The smallest absolute Gasteiger partial charge is 0.308 e. The van der Waals surface area contributed by atoms with E-state index in [0.717, 1.165) is 155 Å². The minimum Gasteiger partial charge on any atom is -0.465 e. The summed E-state index contributed by atoms with van der Waals surface area (Å²) in [7, 11) is 0. The Morgan fingerprint density at radius 2 is 1.21 bits per heavy atom. The quantitative estimate of drug-likeness (QED) is 0.0380. The first-order valence-corrected chi connectivity index (χ1v) is 20.7. The molecule has 7 nitrogen and oxygen atoms in total. The second-order valence-electron chi connectivity index (χ2n) is 14.7. The maximum atomic E-state index is 12.5. The standard InChI is InChI=1S/C41H82N2O5/c1-5-9-25-38(26-10-6-2)40(46)48-34-24-17-14-13-16-20-30-43(31-21-22-32-44)35-39(42)27-19-15-18-23-33-47-37-41(36-45,28-11-7-3)29-12-8-4/h36,38-39,44H,5-35,37,42H2,1-4H3/t39-/m0/s1. The predicted octanol–water partition coefficient (Wildman–Crippen LogP) is 9.80. The molecule has 0 spiro atoms. The molecule has 0 rings (SSSR count). The SMILES string of the molecule is CCCCC(CCCC)C(=O)OCCCCCCCCN(CCCCO)C[C@@H](N)CCCCCCOCC(C=O)(CCCC)CCCC. The van der Waals surface area contributed by atoms with E-state index in [4.69, 9.17) is 15.2 Å². The highest BCUT2D eigenvalue weighted by molar-refractivity contribution is 5.72. The number of hydrogen-bond acceptors (Lipinski definition) is 7. The number of hydrogen-bond donors (Lipinski definition) is 2. The Morgan fingerprint density at radius 1 is 0.688 bits per heavy atom. The Morgan fingerprint density at radius 3 is 1.77 bits per heavy atom. The van der Waals surface area contributed by atoms with Gasteiger partial charge in [-0.3, -0.25) is 4.79 Å². The number of nitrogens with zero attached hydrogens (tertiary/aromatic N) is 1. The van der Waals surface area contributed by atoms with Crippen molar-refractivity contribution in [3.05, 3.63) is 0 Å². The number of aliphatic hydroxyl groups is 1. The van der Waals surface area contributed by atoms with Crippen molar-refractivity contribution in [1.29, 1.82) is 0 Å². The van der Waals surface area contributed by atoms with Gasteiger partial charge in [0.25, 0.3) is 0 Å². The van der Waals surface area contributed by atoms with Crippen LogP contribution in [0.5, 0.6) is 0 Å². The number of ether oxygens (including phenoxy) is 2. The van der Waals surface area contributed by atoms with Crippen molar-refractivity contribution in [2.24, 2.45) is 17.1 Å². The van der Waals surface area contributed by atoms with Gasteiger partial charge in [-0.25, -0.2) is 0 Å². The van der Waals surface area contributed by atoms with Gasteiger partial charge in [0.05, 0.1) is 19.1 Å². The Bertz CT molecular complexity index is 690. The first-order valence-electron chi connectivity index (χ1n) is 20.7. The first kappa shape index (κ1) is 47.0. The molecule has 0 saturated heterocycles. The minimum absolute atomic E-state index is 0.0276. The summed E-state index contributed by atoms with van der Waals surface area (Å²) >= 11 is 0. The average Bonchev–Trinajstić information content (AvgIpc) is 3.09. The summed E-state index contributed by atoms with van der Waals surface area (Å²) in [4.78, 5) is 27.0. The van der Waals surface area contributed by atoms with E-state index < -0.39 is 0 Å². The molecule has 0 saturated carbocycles. The fourth-order valence-corrected chi connectivity index (χ4v) is 6.60. The summed E-state index contributed by atoms with van der Waals surface area (Å²) in [6.45, 7) is 13.9. The molecule has 3 N–H and O–H groups in total. The third kappa shape index (κ3) is 26.8. The molecule has 0 aliphatic heterocycles. The molecule has 286 valence electrons. The molecule has 1 atom stereocenters. The number of carbonyl (C=O) groups is 2. The predicted molar refractivity (Wildman–Crippen MR) is 203 cm³/mol. The van der Waals surface area contributed by atoms with Crippen molar-refractivity contribution in [1.82, 2.24) is 4.90 Å². The monoisotopic (exact) mass is 683 g/mol. The van der Waals surface area contributed by atoms with Gasteiger partial charge in [-0.2, -0.15) is 0 Å². The van der Waals surface area contributed by atoms with Crippen LogP contribution in [0.2, 0.25) is 0 Å². The van der Waals surface area contributed by atoms with E-state index in [1.54, 1.807) is 0 Å². The highest BCUT2D eigenvalue weighted by Crippen LogP contribution is 2.29. The Hall–Kier alpha value is -1.02. The maximum absolute atomic E-state index is 12.5. The van der Waals surface area contributed by atoms with Crippen LogP contribution in [-0.2, 0) is 19.1 Å². The number of esters is 1.